The Morgan fingerprint density at radius 1 is 0.920 bits per heavy atom. The van der Waals surface area contributed by atoms with Gasteiger partial charge >= 0.3 is 18.2 Å². The molecule has 0 radical (unpaired) electrons. The number of amides is 2. The molecule has 8 nitrogen and oxygen atoms in total. The maximum atomic E-state index is 12.4. The smallest absolute Gasteiger partial charge is 0.424 e. The van der Waals surface area contributed by atoms with Gasteiger partial charge in [0.25, 0.3) is 0 Å². The quantitative estimate of drug-likeness (QED) is 0.832. The van der Waals surface area contributed by atoms with Crippen LogP contribution in [0.4, 0.5) is 15.3 Å². The van der Waals surface area contributed by atoms with Crippen molar-refractivity contribution in [1.82, 2.24) is 0 Å². The van der Waals surface area contributed by atoms with Crippen LogP contribution in [-0.4, -0.2) is 39.6 Å². The number of ether oxygens (including phenoxy) is 2. The summed E-state index contributed by atoms with van der Waals surface area (Å²) in [6.07, 6.45) is -2.05. The van der Waals surface area contributed by atoms with Crippen molar-refractivity contribution in [2.45, 2.75) is 52.7 Å². The molecule has 8 heteroatoms. The third-order valence-corrected chi connectivity index (χ3v) is 2.62. The highest BCUT2D eigenvalue weighted by atomic mass is 16.6. The highest BCUT2D eigenvalue weighted by Crippen LogP contribution is 2.27. The number of anilines is 1. The van der Waals surface area contributed by atoms with Crippen LogP contribution in [0.1, 0.15) is 51.9 Å². The van der Waals surface area contributed by atoms with Crippen molar-refractivity contribution >= 4 is 23.8 Å². The molecule has 0 spiro atoms. The predicted octanol–water partition coefficient (Wildman–Crippen LogP) is 3.77. The zero-order valence-electron chi connectivity index (χ0n) is 15.1. The number of hydrogen-bond acceptors (Lipinski definition) is 6. The van der Waals surface area contributed by atoms with E-state index in [9.17, 15) is 19.5 Å². The minimum Gasteiger partial charge on any atom is -0.507 e. The number of hydrogen-bond donors (Lipinski definition) is 2. The summed E-state index contributed by atoms with van der Waals surface area (Å²) in [6.45, 7) is 9.74. The molecule has 25 heavy (non-hydrogen) atoms. The second-order valence-corrected chi connectivity index (χ2v) is 7.30. The lowest BCUT2D eigenvalue weighted by Crippen LogP contribution is -2.43. The van der Waals surface area contributed by atoms with Gasteiger partial charge in [-0.3, -0.25) is 0 Å². The third-order valence-electron chi connectivity index (χ3n) is 2.62. The maximum absolute atomic E-state index is 12.4. The van der Waals surface area contributed by atoms with Gasteiger partial charge in [-0.1, -0.05) is 0 Å². The highest BCUT2D eigenvalue weighted by Gasteiger charge is 2.33. The summed E-state index contributed by atoms with van der Waals surface area (Å²) in [4.78, 5) is 36.7. The summed E-state index contributed by atoms with van der Waals surface area (Å²) in [5, 5.41) is 18.7. The van der Waals surface area contributed by atoms with Crippen LogP contribution in [0.15, 0.2) is 18.2 Å². The lowest BCUT2D eigenvalue weighted by atomic mass is 10.1. The van der Waals surface area contributed by atoms with Crippen LogP contribution in [-0.2, 0) is 9.47 Å². The second kappa shape index (κ2) is 7.00. The van der Waals surface area contributed by atoms with Crippen LogP contribution >= 0.6 is 0 Å². The Bertz CT molecular complexity index is 655. The monoisotopic (exact) mass is 353 g/mol. The van der Waals surface area contributed by atoms with Crippen LogP contribution in [0.3, 0.4) is 0 Å². The minimum absolute atomic E-state index is 0.0984. The molecule has 0 unspecified atom stereocenters. The van der Waals surface area contributed by atoms with Crippen LogP contribution < -0.4 is 4.90 Å². The van der Waals surface area contributed by atoms with Crippen molar-refractivity contribution in [3.63, 3.8) is 0 Å². The van der Waals surface area contributed by atoms with E-state index >= 15 is 0 Å². The molecular weight excluding hydrogens is 330 g/mol. The molecule has 0 bridgehead atoms. The van der Waals surface area contributed by atoms with E-state index in [1.807, 2.05) is 0 Å². The number of rotatable bonds is 2. The molecule has 0 aliphatic heterocycles. The molecule has 0 heterocycles. The van der Waals surface area contributed by atoms with Gasteiger partial charge in [0, 0.05) is 0 Å². The van der Waals surface area contributed by atoms with Crippen LogP contribution in [0.5, 0.6) is 5.75 Å². The maximum Gasteiger partial charge on any atom is 0.424 e. The fourth-order valence-electron chi connectivity index (χ4n) is 1.73. The van der Waals surface area contributed by atoms with Crippen molar-refractivity contribution in [1.29, 1.82) is 0 Å². The van der Waals surface area contributed by atoms with E-state index in [2.05, 4.69) is 0 Å². The molecule has 0 saturated carbocycles. The SMILES string of the molecule is CC(C)(C)OC(=O)N(C(=O)OC(C)(C)C)c1ccc(O)c(C(=O)O)c1. The van der Waals surface area contributed by atoms with Gasteiger partial charge in [0.05, 0.1) is 5.69 Å². The van der Waals surface area contributed by atoms with Gasteiger partial charge in [0.15, 0.2) is 0 Å². The Kier molecular flexibility index (Phi) is 5.68. The fourth-order valence-corrected chi connectivity index (χ4v) is 1.73. The molecule has 1 aromatic carbocycles. The van der Waals surface area contributed by atoms with E-state index in [-0.39, 0.29) is 5.69 Å². The largest absolute Gasteiger partial charge is 0.507 e. The molecule has 0 aromatic heterocycles. The molecule has 0 saturated heterocycles. The molecule has 1 rings (SSSR count). The van der Waals surface area contributed by atoms with E-state index in [1.165, 1.54) is 6.07 Å². The van der Waals surface area contributed by atoms with Crippen LogP contribution in [0, 0.1) is 0 Å². The van der Waals surface area contributed by atoms with Crippen molar-refractivity contribution in [2.24, 2.45) is 0 Å². The number of nitrogens with zero attached hydrogens (tertiary/aromatic N) is 1. The zero-order valence-corrected chi connectivity index (χ0v) is 15.1. The second-order valence-electron chi connectivity index (χ2n) is 7.30. The summed E-state index contributed by atoms with van der Waals surface area (Å²) in [7, 11) is 0. The molecule has 0 aliphatic carbocycles. The van der Waals surface area contributed by atoms with E-state index in [0.717, 1.165) is 12.1 Å². The molecule has 138 valence electrons. The Labute approximate surface area is 146 Å². The van der Waals surface area contributed by atoms with Crippen molar-refractivity contribution in [2.75, 3.05) is 4.90 Å². The van der Waals surface area contributed by atoms with Gasteiger partial charge in [0.1, 0.15) is 22.5 Å². The minimum atomic E-state index is -1.41. The van der Waals surface area contributed by atoms with Crippen LogP contribution in [0.25, 0.3) is 0 Å². The Morgan fingerprint density at radius 2 is 1.36 bits per heavy atom. The molecule has 0 fully saturated rings. The topological polar surface area (TPSA) is 113 Å². The van der Waals surface area contributed by atoms with Gasteiger partial charge in [-0.25, -0.2) is 14.4 Å². The first kappa shape index (κ1) is 20.3. The number of carbonyl (C=O) groups is 3. The Hall–Kier alpha value is -2.77. The highest BCUT2D eigenvalue weighted by molar-refractivity contribution is 6.10. The van der Waals surface area contributed by atoms with E-state index in [1.54, 1.807) is 41.5 Å². The summed E-state index contributed by atoms with van der Waals surface area (Å²) >= 11 is 0. The fraction of sp³-hybridized carbons (Fsp3) is 0.471. The van der Waals surface area contributed by atoms with Crippen molar-refractivity contribution in [3.05, 3.63) is 23.8 Å². The number of benzene rings is 1. The van der Waals surface area contributed by atoms with Gasteiger partial charge in [-0.2, -0.15) is 4.90 Å². The van der Waals surface area contributed by atoms with Crippen molar-refractivity contribution in [3.8, 4) is 5.75 Å². The molecule has 2 N–H and O–H groups in total. The predicted molar refractivity (Wildman–Crippen MR) is 90.0 cm³/mol. The Morgan fingerprint density at radius 3 is 1.72 bits per heavy atom. The summed E-state index contributed by atoms with van der Waals surface area (Å²) < 4.78 is 10.4. The number of carboxylic acid groups (broad SMARTS) is 1. The van der Waals surface area contributed by atoms with Crippen molar-refractivity contribution < 1.29 is 34.1 Å². The number of aromatic carboxylic acids is 1. The first-order valence-corrected chi connectivity index (χ1v) is 7.53. The van der Waals surface area contributed by atoms with Gasteiger partial charge in [-0.05, 0) is 59.7 Å². The standard InChI is InChI=1S/C17H23NO7/c1-16(2,3)24-14(22)18(15(23)25-17(4,5)6)10-7-8-12(19)11(9-10)13(20)21/h7-9,19H,1-6H3,(H,20,21). The van der Waals surface area contributed by atoms with Gasteiger partial charge < -0.3 is 19.7 Å². The lowest BCUT2D eigenvalue weighted by Gasteiger charge is -2.28. The van der Waals surface area contributed by atoms with E-state index in [0.29, 0.717) is 4.90 Å². The summed E-state index contributed by atoms with van der Waals surface area (Å²) in [5.41, 5.74) is -2.33. The van der Waals surface area contributed by atoms with E-state index in [4.69, 9.17) is 14.6 Å². The molecule has 0 aliphatic rings. The number of phenols is 1. The number of carbonyl (C=O) groups excluding carboxylic acids is 2. The molecule has 0 atom stereocenters. The average Bonchev–Trinajstić information content (AvgIpc) is 2.36. The number of carboxylic acids is 1. The zero-order chi connectivity index (χ0) is 19.6. The first-order valence-electron chi connectivity index (χ1n) is 7.53. The van der Waals surface area contributed by atoms with Crippen LogP contribution in [0.2, 0.25) is 0 Å². The lowest BCUT2D eigenvalue weighted by molar-refractivity contribution is 0.0429. The summed E-state index contributed by atoms with van der Waals surface area (Å²) in [5.74, 6) is -1.91. The molecule has 2 amide bonds. The van der Waals surface area contributed by atoms with Gasteiger partial charge in [-0.15, -0.1) is 0 Å². The third kappa shape index (κ3) is 5.98. The number of imide groups is 1. The summed E-state index contributed by atoms with van der Waals surface area (Å²) in [6, 6.07) is 3.28. The van der Waals surface area contributed by atoms with E-state index < -0.39 is 40.7 Å². The first-order chi connectivity index (χ1) is 11.2. The normalized spacial score (nSPS) is 11.6. The number of aromatic hydroxyl groups is 1. The average molecular weight is 353 g/mol. The molecule has 1 aromatic rings. The molecular formula is C17H23NO7. The van der Waals surface area contributed by atoms with Gasteiger partial charge in [0.2, 0.25) is 0 Å². The Balaban J connectivity index is 3.36.